The van der Waals surface area contributed by atoms with Crippen molar-refractivity contribution in [2.24, 2.45) is 0 Å². The number of nitrogens with zero attached hydrogens (tertiary/aromatic N) is 1. The maximum absolute atomic E-state index is 11.3. The Balaban J connectivity index is 2.81. The fourth-order valence-electron chi connectivity index (χ4n) is 1.17. The SMILES string of the molecule is O=c1[nH]c2ccccc2nc1CS. The van der Waals surface area contributed by atoms with Crippen LogP contribution in [0.2, 0.25) is 0 Å². The van der Waals surface area contributed by atoms with Crippen molar-refractivity contribution in [1.82, 2.24) is 9.97 Å². The van der Waals surface area contributed by atoms with Crippen molar-refractivity contribution in [2.45, 2.75) is 5.75 Å². The highest BCUT2D eigenvalue weighted by molar-refractivity contribution is 7.79. The lowest BCUT2D eigenvalue weighted by atomic mass is 10.3. The minimum Gasteiger partial charge on any atom is -0.319 e. The van der Waals surface area contributed by atoms with Crippen molar-refractivity contribution in [1.29, 1.82) is 0 Å². The van der Waals surface area contributed by atoms with E-state index in [-0.39, 0.29) is 5.56 Å². The molecule has 0 bridgehead atoms. The highest BCUT2D eigenvalue weighted by atomic mass is 32.1. The smallest absolute Gasteiger partial charge is 0.270 e. The van der Waals surface area contributed by atoms with Crippen LogP contribution in [-0.2, 0) is 5.75 Å². The average Bonchev–Trinajstić information content (AvgIpc) is 2.17. The molecule has 0 aliphatic carbocycles. The highest BCUT2D eigenvalue weighted by Crippen LogP contribution is 2.06. The van der Waals surface area contributed by atoms with Crippen LogP contribution in [0.25, 0.3) is 11.0 Å². The Morgan fingerprint density at radius 1 is 1.38 bits per heavy atom. The Kier molecular flexibility index (Phi) is 2.06. The van der Waals surface area contributed by atoms with Crippen LogP contribution in [0.3, 0.4) is 0 Å². The lowest BCUT2D eigenvalue weighted by Gasteiger charge is -1.98. The van der Waals surface area contributed by atoms with Gasteiger partial charge in [0.15, 0.2) is 0 Å². The monoisotopic (exact) mass is 192 g/mol. The van der Waals surface area contributed by atoms with E-state index in [4.69, 9.17) is 0 Å². The summed E-state index contributed by atoms with van der Waals surface area (Å²) in [5.41, 5.74) is 1.86. The Hall–Kier alpha value is -1.29. The fourth-order valence-corrected chi connectivity index (χ4v) is 1.39. The lowest BCUT2D eigenvalue weighted by molar-refractivity contribution is 1.11. The van der Waals surface area contributed by atoms with Gasteiger partial charge in [-0.25, -0.2) is 4.98 Å². The van der Waals surface area contributed by atoms with Gasteiger partial charge in [-0.1, -0.05) is 12.1 Å². The summed E-state index contributed by atoms with van der Waals surface area (Å²) in [4.78, 5) is 18.2. The number of thiol groups is 1. The van der Waals surface area contributed by atoms with Crippen LogP contribution in [-0.4, -0.2) is 9.97 Å². The number of H-pyrrole nitrogens is 1. The molecule has 0 fully saturated rings. The number of nitrogens with one attached hydrogen (secondary N) is 1. The maximum Gasteiger partial charge on any atom is 0.270 e. The summed E-state index contributed by atoms with van der Waals surface area (Å²) in [6.45, 7) is 0. The second kappa shape index (κ2) is 3.22. The van der Waals surface area contributed by atoms with E-state index < -0.39 is 0 Å². The molecule has 13 heavy (non-hydrogen) atoms. The predicted octanol–water partition coefficient (Wildman–Crippen LogP) is 1.35. The van der Waals surface area contributed by atoms with Crippen LogP contribution in [0.4, 0.5) is 0 Å². The van der Waals surface area contributed by atoms with Gasteiger partial charge in [0.25, 0.3) is 5.56 Å². The van der Waals surface area contributed by atoms with Crippen LogP contribution in [0.5, 0.6) is 0 Å². The van der Waals surface area contributed by atoms with E-state index in [1.54, 1.807) is 0 Å². The fraction of sp³-hybridized carbons (Fsp3) is 0.111. The highest BCUT2D eigenvalue weighted by Gasteiger charge is 2.00. The Morgan fingerprint density at radius 2 is 2.15 bits per heavy atom. The number of hydrogen-bond acceptors (Lipinski definition) is 3. The van der Waals surface area contributed by atoms with Gasteiger partial charge in [0.2, 0.25) is 0 Å². The number of benzene rings is 1. The second-order valence-corrected chi connectivity index (χ2v) is 3.00. The molecule has 0 aliphatic heterocycles. The van der Waals surface area contributed by atoms with Gasteiger partial charge in [-0.15, -0.1) is 0 Å². The minimum absolute atomic E-state index is 0.159. The molecule has 2 rings (SSSR count). The summed E-state index contributed by atoms with van der Waals surface area (Å²) in [6.07, 6.45) is 0. The van der Waals surface area contributed by atoms with E-state index in [1.165, 1.54) is 0 Å². The molecule has 1 heterocycles. The lowest BCUT2D eigenvalue weighted by Crippen LogP contribution is -2.13. The minimum atomic E-state index is -0.159. The van der Waals surface area contributed by atoms with E-state index in [0.717, 1.165) is 11.0 Å². The molecule has 0 unspecified atom stereocenters. The van der Waals surface area contributed by atoms with Gasteiger partial charge in [0, 0.05) is 5.75 Å². The third kappa shape index (κ3) is 1.45. The zero-order chi connectivity index (χ0) is 9.26. The molecule has 2 aromatic rings. The summed E-state index contributed by atoms with van der Waals surface area (Å²) < 4.78 is 0. The topological polar surface area (TPSA) is 45.8 Å². The molecule has 0 amide bonds. The van der Waals surface area contributed by atoms with Crippen LogP contribution in [0.15, 0.2) is 29.1 Å². The van der Waals surface area contributed by atoms with Crippen molar-refractivity contribution in [3.05, 3.63) is 40.3 Å². The van der Waals surface area contributed by atoms with Crippen molar-refractivity contribution in [3.8, 4) is 0 Å². The number of aromatic amines is 1. The van der Waals surface area contributed by atoms with E-state index >= 15 is 0 Å². The van der Waals surface area contributed by atoms with Gasteiger partial charge in [0.05, 0.1) is 11.0 Å². The van der Waals surface area contributed by atoms with Gasteiger partial charge >= 0.3 is 0 Å². The van der Waals surface area contributed by atoms with Crippen molar-refractivity contribution in [2.75, 3.05) is 0 Å². The van der Waals surface area contributed by atoms with Crippen LogP contribution < -0.4 is 5.56 Å². The van der Waals surface area contributed by atoms with Gasteiger partial charge in [0.1, 0.15) is 5.69 Å². The summed E-state index contributed by atoms with van der Waals surface area (Å²) in [5, 5.41) is 0. The van der Waals surface area contributed by atoms with Crippen LogP contribution in [0, 0.1) is 0 Å². The number of rotatable bonds is 1. The quantitative estimate of drug-likeness (QED) is 0.670. The molecule has 0 radical (unpaired) electrons. The number of hydrogen-bond donors (Lipinski definition) is 2. The maximum atomic E-state index is 11.3. The predicted molar refractivity (Wildman–Crippen MR) is 55.1 cm³/mol. The molecule has 0 atom stereocenters. The van der Waals surface area contributed by atoms with Gasteiger partial charge in [-0.2, -0.15) is 12.6 Å². The van der Waals surface area contributed by atoms with Crippen LogP contribution in [0.1, 0.15) is 5.69 Å². The molecule has 3 nitrogen and oxygen atoms in total. The molecule has 1 aromatic carbocycles. The Morgan fingerprint density at radius 3 is 2.92 bits per heavy atom. The first-order valence-electron chi connectivity index (χ1n) is 3.90. The Bertz CT molecular complexity index is 492. The van der Waals surface area contributed by atoms with Gasteiger partial charge < -0.3 is 4.98 Å². The molecule has 4 heteroatoms. The van der Waals surface area contributed by atoms with Gasteiger partial charge in [-0.3, -0.25) is 4.79 Å². The third-order valence-corrected chi connectivity index (χ3v) is 2.12. The second-order valence-electron chi connectivity index (χ2n) is 2.69. The Labute approximate surface area is 80.2 Å². The molecule has 0 saturated heterocycles. The molecule has 1 aromatic heterocycles. The zero-order valence-corrected chi connectivity index (χ0v) is 7.71. The molecular weight excluding hydrogens is 184 g/mol. The first kappa shape index (κ1) is 8.31. The first-order chi connectivity index (χ1) is 6.31. The van der Waals surface area contributed by atoms with Crippen LogP contribution >= 0.6 is 12.6 Å². The normalized spacial score (nSPS) is 10.5. The van der Waals surface area contributed by atoms with Crippen molar-refractivity contribution < 1.29 is 0 Å². The molecule has 0 aliphatic rings. The zero-order valence-electron chi connectivity index (χ0n) is 6.82. The largest absolute Gasteiger partial charge is 0.319 e. The third-order valence-electron chi connectivity index (χ3n) is 1.82. The number of fused-ring (bicyclic) bond motifs is 1. The first-order valence-corrected chi connectivity index (χ1v) is 4.53. The number of para-hydroxylation sites is 2. The van der Waals surface area contributed by atoms with Gasteiger partial charge in [-0.05, 0) is 12.1 Å². The van der Waals surface area contributed by atoms with E-state index in [2.05, 4.69) is 22.6 Å². The average molecular weight is 192 g/mol. The van der Waals surface area contributed by atoms with E-state index in [9.17, 15) is 4.79 Å². The summed E-state index contributed by atoms with van der Waals surface area (Å²) in [6, 6.07) is 7.43. The summed E-state index contributed by atoms with van der Waals surface area (Å²) in [7, 11) is 0. The van der Waals surface area contributed by atoms with Crippen molar-refractivity contribution in [3.63, 3.8) is 0 Å². The standard InChI is InChI=1S/C9H8N2OS/c12-9-8(5-13)10-6-3-1-2-4-7(6)11-9/h1-4,13H,5H2,(H,11,12). The summed E-state index contributed by atoms with van der Waals surface area (Å²) >= 11 is 4.02. The molecular formula is C9H8N2OS. The molecule has 0 spiro atoms. The van der Waals surface area contributed by atoms with E-state index in [0.29, 0.717) is 11.4 Å². The van der Waals surface area contributed by atoms with E-state index in [1.807, 2.05) is 24.3 Å². The molecule has 66 valence electrons. The van der Waals surface area contributed by atoms with Crippen molar-refractivity contribution >= 4 is 23.7 Å². The summed E-state index contributed by atoms with van der Waals surface area (Å²) in [5.74, 6) is 0.361. The number of aromatic nitrogens is 2. The molecule has 0 saturated carbocycles. The molecule has 1 N–H and O–H groups in total.